The summed E-state index contributed by atoms with van der Waals surface area (Å²) in [5.74, 6) is 0.160. The molecule has 11 heavy (non-hydrogen) atoms. The Morgan fingerprint density at radius 1 is 1.91 bits per heavy atom. The van der Waals surface area contributed by atoms with E-state index in [1.807, 2.05) is 0 Å². The summed E-state index contributed by atoms with van der Waals surface area (Å²) in [6.45, 7) is 0. The van der Waals surface area contributed by atoms with Gasteiger partial charge in [0.05, 0.1) is 13.5 Å². The number of carbonyl (C=O) groups is 1. The van der Waals surface area contributed by atoms with Gasteiger partial charge in [0.15, 0.2) is 0 Å². The molecule has 0 bridgehead atoms. The topological polar surface area (TPSA) is 65.2 Å². The van der Waals surface area contributed by atoms with Crippen LogP contribution < -0.4 is 5.73 Å². The molecule has 0 aliphatic heterocycles. The zero-order valence-electron chi connectivity index (χ0n) is 6.03. The first-order valence-corrected chi connectivity index (χ1v) is 3.87. The maximum absolute atomic E-state index is 10.7. The molecule has 0 amide bonds. The molecule has 5 heteroatoms. The molecule has 1 rings (SSSR count). The third-order valence-corrected chi connectivity index (χ3v) is 1.96. The zero-order valence-corrected chi connectivity index (χ0v) is 6.85. The Labute approximate surface area is 68.0 Å². The number of nitrogens with zero attached hydrogens (tertiary/aromatic N) is 1. The summed E-state index contributed by atoms with van der Waals surface area (Å²) >= 11 is 1.36. The minimum atomic E-state index is -0.292. The average Bonchev–Trinajstić information content (AvgIpc) is 2.35. The van der Waals surface area contributed by atoms with Gasteiger partial charge in [-0.25, -0.2) is 4.98 Å². The third-order valence-electron chi connectivity index (χ3n) is 1.09. The highest BCUT2D eigenvalue weighted by molar-refractivity contribution is 7.10. The van der Waals surface area contributed by atoms with Gasteiger partial charge in [-0.15, -0.1) is 11.3 Å². The van der Waals surface area contributed by atoms with E-state index >= 15 is 0 Å². The smallest absolute Gasteiger partial charge is 0.312 e. The van der Waals surface area contributed by atoms with Crippen LogP contribution >= 0.6 is 11.3 Å². The number of esters is 1. The molecule has 1 heterocycles. The minimum absolute atomic E-state index is 0.207. The highest BCUT2D eigenvalue weighted by Crippen LogP contribution is 2.11. The Morgan fingerprint density at radius 3 is 3.09 bits per heavy atom. The quantitative estimate of drug-likeness (QED) is 0.657. The predicted octanol–water partition coefficient (Wildman–Crippen LogP) is 0.441. The molecular weight excluding hydrogens is 164 g/mol. The number of carbonyl (C=O) groups excluding carboxylic acids is 1. The van der Waals surface area contributed by atoms with Gasteiger partial charge in [0, 0.05) is 5.38 Å². The monoisotopic (exact) mass is 172 g/mol. The van der Waals surface area contributed by atoms with E-state index in [2.05, 4.69) is 9.72 Å². The first-order valence-electron chi connectivity index (χ1n) is 2.99. The van der Waals surface area contributed by atoms with Gasteiger partial charge in [0.1, 0.15) is 10.8 Å². The summed E-state index contributed by atoms with van der Waals surface area (Å²) in [6, 6.07) is 0. The maximum atomic E-state index is 10.7. The molecule has 0 aromatic carbocycles. The minimum Gasteiger partial charge on any atom is -0.469 e. The van der Waals surface area contributed by atoms with E-state index in [4.69, 9.17) is 5.73 Å². The Balaban J connectivity index is 2.57. The van der Waals surface area contributed by atoms with Crippen LogP contribution in [0.3, 0.4) is 0 Å². The van der Waals surface area contributed by atoms with Crippen LogP contribution in [0.5, 0.6) is 0 Å². The largest absolute Gasteiger partial charge is 0.469 e. The second-order valence-corrected chi connectivity index (χ2v) is 2.86. The summed E-state index contributed by atoms with van der Waals surface area (Å²) in [7, 11) is 1.35. The van der Waals surface area contributed by atoms with Crippen LogP contribution in [-0.2, 0) is 16.0 Å². The molecule has 2 N–H and O–H groups in total. The number of methoxy groups -OCH3 is 1. The number of ether oxygens (including phenoxy) is 1. The van der Waals surface area contributed by atoms with E-state index in [0.717, 1.165) is 0 Å². The van der Waals surface area contributed by atoms with Crippen LogP contribution in [0, 0.1) is 0 Å². The molecule has 0 saturated heterocycles. The second kappa shape index (κ2) is 3.34. The molecule has 0 aliphatic carbocycles. The van der Waals surface area contributed by atoms with Crippen LogP contribution in [0.4, 0.5) is 5.82 Å². The summed E-state index contributed by atoms with van der Waals surface area (Å²) in [5.41, 5.74) is 5.34. The number of hydrogen-bond acceptors (Lipinski definition) is 5. The van der Waals surface area contributed by atoms with E-state index in [1.54, 1.807) is 5.38 Å². The Morgan fingerprint density at radius 2 is 2.64 bits per heavy atom. The van der Waals surface area contributed by atoms with E-state index in [1.165, 1.54) is 18.4 Å². The lowest BCUT2D eigenvalue weighted by molar-refractivity contribution is -0.139. The van der Waals surface area contributed by atoms with Crippen molar-refractivity contribution in [3.63, 3.8) is 0 Å². The van der Waals surface area contributed by atoms with Gasteiger partial charge in [-0.1, -0.05) is 0 Å². The fraction of sp³-hybridized carbons (Fsp3) is 0.333. The van der Waals surface area contributed by atoms with Gasteiger partial charge in [0.25, 0.3) is 0 Å². The number of rotatable bonds is 2. The van der Waals surface area contributed by atoms with Crippen molar-refractivity contribution in [2.45, 2.75) is 6.42 Å². The molecule has 0 unspecified atom stereocenters. The summed E-state index contributed by atoms with van der Waals surface area (Å²) in [4.78, 5) is 14.6. The van der Waals surface area contributed by atoms with Crippen molar-refractivity contribution in [2.75, 3.05) is 12.8 Å². The number of nitrogen functional groups attached to an aromatic ring is 1. The molecule has 0 atom stereocenters. The maximum Gasteiger partial charge on any atom is 0.312 e. The Hall–Kier alpha value is -1.10. The molecule has 0 saturated carbocycles. The molecule has 0 spiro atoms. The number of anilines is 1. The van der Waals surface area contributed by atoms with Crippen LogP contribution in [0.15, 0.2) is 5.38 Å². The van der Waals surface area contributed by atoms with Gasteiger partial charge < -0.3 is 10.5 Å². The van der Waals surface area contributed by atoms with Crippen molar-refractivity contribution in [1.29, 1.82) is 0 Å². The van der Waals surface area contributed by atoms with E-state index < -0.39 is 0 Å². The number of aromatic nitrogens is 1. The Bertz CT molecular complexity index is 259. The molecule has 1 aromatic rings. The molecule has 0 fully saturated rings. The van der Waals surface area contributed by atoms with Crippen molar-refractivity contribution in [2.24, 2.45) is 0 Å². The molecule has 0 radical (unpaired) electrons. The number of thiazole rings is 1. The fourth-order valence-corrected chi connectivity index (χ4v) is 1.27. The summed E-state index contributed by atoms with van der Waals surface area (Å²) in [5, 5.41) is 2.38. The number of nitrogens with two attached hydrogens (primary N) is 1. The molecular formula is C6H8N2O2S. The zero-order chi connectivity index (χ0) is 8.27. The van der Waals surface area contributed by atoms with Crippen molar-refractivity contribution in [3.05, 3.63) is 10.4 Å². The predicted molar refractivity (Wildman–Crippen MR) is 42.2 cm³/mol. The summed E-state index contributed by atoms with van der Waals surface area (Å²) in [6.07, 6.45) is 0.207. The lowest BCUT2D eigenvalue weighted by atomic mass is 10.5. The van der Waals surface area contributed by atoms with Gasteiger partial charge >= 0.3 is 5.97 Å². The lowest BCUT2D eigenvalue weighted by Gasteiger charge is -1.92. The molecule has 4 nitrogen and oxygen atoms in total. The standard InChI is InChI=1S/C6H8N2O2S/c1-10-6(9)2-5-8-4(7)3-11-5/h3H,2,7H2,1H3. The van der Waals surface area contributed by atoms with Crippen molar-refractivity contribution >= 4 is 23.1 Å². The van der Waals surface area contributed by atoms with Gasteiger partial charge in [-0.05, 0) is 0 Å². The molecule has 60 valence electrons. The molecule has 0 aliphatic rings. The normalized spacial score (nSPS) is 9.55. The first kappa shape index (κ1) is 8.00. The lowest BCUT2D eigenvalue weighted by Crippen LogP contribution is -2.03. The van der Waals surface area contributed by atoms with Crippen molar-refractivity contribution in [3.8, 4) is 0 Å². The van der Waals surface area contributed by atoms with E-state index in [0.29, 0.717) is 10.8 Å². The molecule has 1 aromatic heterocycles. The van der Waals surface area contributed by atoms with Crippen LogP contribution in [0.25, 0.3) is 0 Å². The highest BCUT2D eigenvalue weighted by atomic mass is 32.1. The van der Waals surface area contributed by atoms with Crippen molar-refractivity contribution < 1.29 is 9.53 Å². The van der Waals surface area contributed by atoms with Crippen LogP contribution in [0.1, 0.15) is 5.01 Å². The first-order chi connectivity index (χ1) is 5.22. The Kier molecular flexibility index (Phi) is 2.43. The third kappa shape index (κ3) is 2.19. The van der Waals surface area contributed by atoms with Gasteiger partial charge in [0.2, 0.25) is 0 Å². The van der Waals surface area contributed by atoms with Crippen LogP contribution in [-0.4, -0.2) is 18.1 Å². The van der Waals surface area contributed by atoms with Gasteiger partial charge in [-0.2, -0.15) is 0 Å². The van der Waals surface area contributed by atoms with Crippen LogP contribution in [0.2, 0.25) is 0 Å². The summed E-state index contributed by atoms with van der Waals surface area (Å²) < 4.78 is 4.45. The van der Waals surface area contributed by atoms with Crippen molar-refractivity contribution in [1.82, 2.24) is 4.98 Å². The highest BCUT2D eigenvalue weighted by Gasteiger charge is 2.05. The number of hydrogen-bond donors (Lipinski definition) is 1. The average molecular weight is 172 g/mol. The second-order valence-electron chi connectivity index (χ2n) is 1.92. The fourth-order valence-electron chi connectivity index (χ4n) is 0.602. The van der Waals surface area contributed by atoms with Gasteiger partial charge in [-0.3, -0.25) is 4.79 Å². The van der Waals surface area contributed by atoms with E-state index in [-0.39, 0.29) is 12.4 Å². The SMILES string of the molecule is COC(=O)Cc1nc(N)cs1. The van der Waals surface area contributed by atoms with E-state index in [9.17, 15) is 4.79 Å².